The van der Waals surface area contributed by atoms with E-state index in [2.05, 4.69) is 4.98 Å². The minimum Gasteiger partial charge on any atom is -0.468 e. The third kappa shape index (κ3) is 2.14. The molecule has 0 fully saturated rings. The lowest BCUT2D eigenvalue weighted by Crippen LogP contribution is -2.27. The van der Waals surface area contributed by atoms with Crippen LogP contribution in [-0.2, 0) is 16.6 Å². The second kappa shape index (κ2) is 4.88. The molecule has 0 saturated carbocycles. The zero-order valence-electron chi connectivity index (χ0n) is 10.4. The highest BCUT2D eigenvalue weighted by atomic mass is 35.5. The Bertz CT molecular complexity index is 836. The van der Waals surface area contributed by atoms with Gasteiger partial charge >= 0.3 is 0 Å². The maximum Gasteiger partial charge on any atom is 0.262 e. The molecule has 0 aliphatic rings. The van der Waals surface area contributed by atoms with Gasteiger partial charge in [0, 0.05) is 18.6 Å². The standard InChI is InChI=1S/C11H10ClN3O3S2/c1-14(7-8-3-2-5-18-8)20(16,17)10-9(12)13-11-15(10)4-6-19-11/h2-6H,7H2,1H3. The van der Waals surface area contributed by atoms with Gasteiger partial charge in [0.2, 0.25) is 0 Å². The summed E-state index contributed by atoms with van der Waals surface area (Å²) in [5.41, 5.74) is 0. The first-order chi connectivity index (χ1) is 9.50. The monoisotopic (exact) mass is 331 g/mol. The molecule has 0 radical (unpaired) electrons. The van der Waals surface area contributed by atoms with E-state index >= 15 is 0 Å². The average Bonchev–Trinajstić information content (AvgIpc) is 3.05. The van der Waals surface area contributed by atoms with Gasteiger partial charge in [0.05, 0.1) is 12.8 Å². The Morgan fingerprint density at radius 3 is 3.05 bits per heavy atom. The lowest BCUT2D eigenvalue weighted by molar-refractivity contribution is 0.405. The molecule has 106 valence electrons. The Morgan fingerprint density at radius 1 is 1.55 bits per heavy atom. The zero-order valence-corrected chi connectivity index (χ0v) is 12.7. The topological polar surface area (TPSA) is 67.8 Å². The van der Waals surface area contributed by atoms with Crippen molar-refractivity contribution in [1.82, 2.24) is 13.7 Å². The Balaban J connectivity index is 2.02. The van der Waals surface area contributed by atoms with Crippen molar-refractivity contribution in [3.8, 4) is 0 Å². The molecular formula is C11H10ClN3O3S2. The lowest BCUT2D eigenvalue weighted by atomic mass is 10.4. The van der Waals surface area contributed by atoms with Crippen molar-refractivity contribution in [3.05, 3.63) is 40.9 Å². The number of imidazole rings is 1. The number of furan rings is 1. The predicted molar refractivity (Wildman–Crippen MR) is 75.4 cm³/mol. The normalized spacial score (nSPS) is 12.6. The van der Waals surface area contributed by atoms with E-state index in [4.69, 9.17) is 16.0 Å². The molecular weight excluding hydrogens is 322 g/mol. The number of hydrogen-bond acceptors (Lipinski definition) is 5. The van der Waals surface area contributed by atoms with Gasteiger partial charge in [-0.3, -0.25) is 4.40 Å². The number of sulfonamides is 1. The van der Waals surface area contributed by atoms with Crippen LogP contribution in [0.4, 0.5) is 0 Å². The second-order valence-electron chi connectivity index (χ2n) is 4.10. The summed E-state index contributed by atoms with van der Waals surface area (Å²) in [7, 11) is -2.28. The third-order valence-electron chi connectivity index (χ3n) is 2.79. The molecule has 0 unspecified atom stereocenters. The minimum absolute atomic E-state index is 0.0236. The number of halogens is 1. The summed E-state index contributed by atoms with van der Waals surface area (Å²) in [6, 6.07) is 3.42. The highest BCUT2D eigenvalue weighted by Gasteiger charge is 2.29. The molecule has 3 aromatic heterocycles. The van der Waals surface area contributed by atoms with Crippen molar-refractivity contribution in [2.45, 2.75) is 11.6 Å². The summed E-state index contributed by atoms with van der Waals surface area (Å²) < 4.78 is 33.0. The fourth-order valence-electron chi connectivity index (χ4n) is 1.82. The maximum absolute atomic E-state index is 12.6. The van der Waals surface area contributed by atoms with Crippen molar-refractivity contribution in [3.63, 3.8) is 0 Å². The molecule has 0 N–H and O–H groups in total. The molecule has 0 amide bonds. The van der Waals surface area contributed by atoms with E-state index in [0.717, 1.165) is 0 Å². The molecule has 20 heavy (non-hydrogen) atoms. The van der Waals surface area contributed by atoms with Crippen LogP contribution in [0.5, 0.6) is 0 Å². The number of nitrogens with zero attached hydrogens (tertiary/aromatic N) is 3. The largest absolute Gasteiger partial charge is 0.468 e. The molecule has 0 saturated heterocycles. The van der Waals surface area contributed by atoms with Crippen LogP contribution in [0.3, 0.4) is 0 Å². The SMILES string of the molecule is CN(Cc1ccco1)S(=O)(=O)c1c(Cl)nc2sccn12. The van der Waals surface area contributed by atoms with Crippen molar-refractivity contribution >= 4 is 37.9 Å². The van der Waals surface area contributed by atoms with Gasteiger partial charge in [-0.1, -0.05) is 11.6 Å². The van der Waals surface area contributed by atoms with E-state index in [1.807, 2.05) is 0 Å². The Labute approximate surface area is 124 Å². The van der Waals surface area contributed by atoms with Gasteiger partial charge in [0.25, 0.3) is 10.0 Å². The summed E-state index contributed by atoms with van der Waals surface area (Å²) in [5, 5.41) is 1.71. The van der Waals surface area contributed by atoms with Crippen LogP contribution in [0.1, 0.15) is 5.76 Å². The fraction of sp³-hybridized carbons (Fsp3) is 0.182. The van der Waals surface area contributed by atoms with Gasteiger partial charge < -0.3 is 4.42 Å². The minimum atomic E-state index is -3.75. The van der Waals surface area contributed by atoms with Crippen molar-refractivity contribution in [2.24, 2.45) is 0 Å². The van der Waals surface area contributed by atoms with Crippen molar-refractivity contribution in [1.29, 1.82) is 0 Å². The second-order valence-corrected chi connectivity index (χ2v) is 7.30. The maximum atomic E-state index is 12.6. The Hall–Kier alpha value is -1.35. The Kier molecular flexibility index (Phi) is 3.33. The number of rotatable bonds is 4. The number of thiazole rings is 1. The van der Waals surface area contributed by atoms with E-state index in [-0.39, 0.29) is 16.7 Å². The summed E-state index contributed by atoms with van der Waals surface area (Å²) in [6.07, 6.45) is 3.13. The highest BCUT2D eigenvalue weighted by Crippen LogP contribution is 2.28. The van der Waals surface area contributed by atoms with E-state index in [1.165, 1.54) is 33.4 Å². The summed E-state index contributed by atoms with van der Waals surface area (Å²) >= 11 is 7.29. The van der Waals surface area contributed by atoms with Crippen molar-refractivity contribution < 1.29 is 12.8 Å². The lowest BCUT2D eigenvalue weighted by Gasteiger charge is -2.15. The zero-order chi connectivity index (χ0) is 14.3. The molecule has 6 nitrogen and oxygen atoms in total. The average molecular weight is 332 g/mol. The summed E-state index contributed by atoms with van der Waals surface area (Å²) in [6.45, 7) is 0.128. The first-order valence-corrected chi connectivity index (χ1v) is 8.29. The summed E-state index contributed by atoms with van der Waals surface area (Å²) in [5.74, 6) is 0.554. The summed E-state index contributed by atoms with van der Waals surface area (Å²) in [4.78, 5) is 4.58. The molecule has 0 aliphatic carbocycles. The molecule has 9 heteroatoms. The van der Waals surface area contributed by atoms with Crippen LogP contribution < -0.4 is 0 Å². The van der Waals surface area contributed by atoms with Gasteiger partial charge in [-0.05, 0) is 12.1 Å². The van der Waals surface area contributed by atoms with Crippen LogP contribution in [0.2, 0.25) is 5.15 Å². The third-order valence-corrected chi connectivity index (χ3v) is 5.75. The molecule has 0 spiro atoms. The van der Waals surface area contributed by atoms with Crippen LogP contribution in [0, 0.1) is 0 Å². The van der Waals surface area contributed by atoms with Gasteiger partial charge in [-0.25, -0.2) is 13.4 Å². The van der Waals surface area contributed by atoms with Gasteiger partial charge in [-0.15, -0.1) is 11.3 Å². The number of aromatic nitrogens is 2. The number of hydrogen-bond donors (Lipinski definition) is 0. The first kappa shape index (κ1) is 13.6. The smallest absolute Gasteiger partial charge is 0.262 e. The van der Waals surface area contributed by atoms with Gasteiger partial charge in [0.15, 0.2) is 15.1 Å². The van der Waals surface area contributed by atoms with Crippen LogP contribution in [0.15, 0.2) is 39.4 Å². The first-order valence-electron chi connectivity index (χ1n) is 5.60. The van der Waals surface area contributed by atoms with E-state index in [0.29, 0.717) is 10.7 Å². The molecule has 3 rings (SSSR count). The van der Waals surface area contributed by atoms with Crippen LogP contribution >= 0.6 is 22.9 Å². The van der Waals surface area contributed by atoms with Crippen LogP contribution in [-0.4, -0.2) is 29.2 Å². The molecule has 0 atom stereocenters. The molecule has 0 aliphatic heterocycles. The van der Waals surface area contributed by atoms with E-state index in [1.54, 1.807) is 23.7 Å². The van der Waals surface area contributed by atoms with Crippen LogP contribution in [0.25, 0.3) is 4.96 Å². The number of fused-ring (bicyclic) bond motifs is 1. The predicted octanol–water partition coefficient (Wildman–Crippen LogP) is 2.46. The molecule has 0 bridgehead atoms. The van der Waals surface area contributed by atoms with E-state index in [9.17, 15) is 8.42 Å². The quantitative estimate of drug-likeness (QED) is 0.736. The molecule has 3 aromatic rings. The Morgan fingerprint density at radius 2 is 2.35 bits per heavy atom. The van der Waals surface area contributed by atoms with Gasteiger partial charge in [-0.2, -0.15) is 4.31 Å². The van der Waals surface area contributed by atoms with Crippen molar-refractivity contribution in [2.75, 3.05) is 7.05 Å². The molecule has 0 aromatic carbocycles. The van der Waals surface area contributed by atoms with E-state index < -0.39 is 10.0 Å². The fourth-order valence-corrected chi connectivity index (χ4v) is 4.36. The van der Waals surface area contributed by atoms with Gasteiger partial charge in [0.1, 0.15) is 5.76 Å². The molecule has 3 heterocycles. The highest BCUT2D eigenvalue weighted by molar-refractivity contribution is 7.89.